The second-order valence-corrected chi connectivity index (χ2v) is 3.63. The van der Waals surface area contributed by atoms with E-state index in [9.17, 15) is 4.79 Å². The van der Waals surface area contributed by atoms with E-state index in [-0.39, 0.29) is 18.6 Å². The molecule has 0 aliphatic heterocycles. The first-order valence-corrected chi connectivity index (χ1v) is 4.85. The van der Waals surface area contributed by atoms with Gasteiger partial charge >= 0.3 is 6.08 Å². The van der Waals surface area contributed by atoms with Gasteiger partial charge in [-0.2, -0.15) is 4.98 Å². The fourth-order valence-corrected chi connectivity index (χ4v) is 1.23. The minimum Gasteiger partial charge on any atom is -0.439 e. The second-order valence-electron chi connectivity index (χ2n) is 3.63. The van der Waals surface area contributed by atoms with Crippen molar-refractivity contribution in [1.29, 1.82) is 0 Å². The molecule has 0 N–H and O–H groups in total. The molecule has 0 bridgehead atoms. The Hall–Kier alpha value is -1.59. The summed E-state index contributed by atoms with van der Waals surface area (Å²) < 4.78 is 9.77. The van der Waals surface area contributed by atoms with Gasteiger partial charge in [0.05, 0.1) is 0 Å². The molecule has 6 nitrogen and oxygen atoms in total. The molecule has 0 atom stereocenters. The maximum absolute atomic E-state index is 11.5. The highest BCUT2D eigenvalue weighted by atomic mass is 16.6. The lowest BCUT2D eigenvalue weighted by molar-refractivity contribution is -0.133. The van der Waals surface area contributed by atoms with Crippen LogP contribution in [-0.4, -0.2) is 40.6 Å². The van der Waals surface area contributed by atoms with Gasteiger partial charge in [-0.1, -0.05) is 5.16 Å². The van der Waals surface area contributed by atoms with E-state index < -0.39 is 0 Å². The summed E-state index contributed by atoms with van der Waals surface area (Å²) in [6.07, 6.45) is 2.22. The molecule has 0 spiro atoms. The molecule has 1 saturated carbocycles. The first-order valence-electron chi connectivity index (χ1n) is 4.85. The normalized spacial score (nSPS) is 15.1. The number of nitrogens with zero attached hydrogens (tertiary/aromatic N) is 3. The number of carbonyl (C=O) groups is 1. The van der Waals surface area contributed by atoms with Crippen molar-refractivity contribution in [1.82, 2.24) is 15.0 Å². The maximum atomic E-state index is 11.5. The third-order valence-corrected chi connectivity index (χ3v) is 2.32. The van der Waals surface area contributed by atoms with Gasteiger partial charge in [0.15, 0.2) is 12.4 Å². The van der Waals surface area contributed by atoms with Crippen molar-refractivity contribution in [3.8, 4) is 6.08 Å². The first-order chi connectivity index (χ1) is 7.16. The lowest BCUT2D eigenvalue weighted by atomic mass is 10.5. The molecule has 1 heterocycles. The number of rotatable bonds is 4. The summed E-state index contributed by atoms with van der Waals surface area (Å²) in [6.45, 7) is 1.64. The van der Waals surface area contributed by atoms with Gasteiger partial charge in [0, 0.05) is 13.1 Å². The molecule has 0 unspecified atom stereocenters. The van der Waals surface area contributed by atoms with Gasteiger partial charge in [-0.3, -0.25) is 9.32 Å². The quantitative estimate of drug-likeness (QED) is 0.720. The first kappa shape index (κ1) is 9.95. The number of ether oxygens (including phenoxy) is 1. The minimum atomic E-state index is -0.0617. The standard InChI is InChI=1S/C9H13N3O3/c1-6-10-9(15-11-6)14-5-8(13)12(2)7-3-4-7/h7H,3-5H2,1-2H3. The van der Waals surface area contributed by atoms with Crippen LogP contribution in [0, 0.1) is 6.92 Å². The average molecular weight is 211 g/mol. The number of amides is 1. The molecule has 1 aromatic rings. The number of hydrogen-bond acceptors (Lipinski definition) is 5. The number of carbonyl (C=O) groups excluding carboxylic acids is 1. The van der Waals surface area contributed by atoms with Crippen LogP contribution in [-0.2, 0) is 4.79 Å². The summed E-state index contributed by atoms with van der Waals surface area (Å²) in [4.78, 5) is 17.0. The van der Waals surface area contributed by atoms with Crippen LogP contribution in [0.25, 0.3) is 0 Å². The van der Waals surface area contributed by atoms with E-state index in [0.717, 1.165) is 12.8 Å². The third kappa shape index (κ3) is 2.45. The Labute approximate surface area is 87.2 Å². The SMILES string of the molecule is Cc1noc(OCC(=O)N(C)C2CC2)n1. The highest BCUT2D eigenvalue weighted by molar-refractivity contribution is 5.78. The van der Waals surface area contributed by atoms with Crippen molar-refractivity contribution in [2.24, 2.45) is 0 Å². The molecule has 2 rings (SSSR count). The van der Waals surface area contributed by atoms with Gasteiger partial charge in [-0.15, -0.1) is 0 Å². The van der Waals surface area contributed by atoms with E-state index in [1.54, 1.807) is 18.9 Å². The van der Waals surface area contributed by atoms with E-state index in [4.69, 9.17) is 9.26 Å². The lowest BCUT2D eigenvalue weighted by Gasteiger charge is -2.15. The highest BCUT2D eigenvalue weighted by Gasteiger charge is 2.29. The molecule has 1 fully saturated rings. The van der Waals surface area contributed by atoms with Crippen molar-refractivity contribution in [3.05, 3.63) is 5.82 Å². The van der Waals surface area contributed by atoms with E-state index in [0.29, 0.717) is 11.9 Å². The molecule has 1 aromatic heterocycles. The van der Waals surface area contributed by atoms with E-state index >= 15 is 0 Å². The highest BCUT2D eigenvalue weighted by Crippen LogP contribution is 2.25. The van der Waals surface area contributed by atoms with Crippen molar-refractivity contribution >= 4 is 5.91 Å². The van der Waals surface area contributed by atoms with Crippen molar-refractivity contribution < 1.29 is 14.1 Å². The summed E-state index contributed by atoms with van der Waals surface area (Å²) in [7, 11) is 1.78. The molecule has 1 amide bonds. The molecule has 0 aromatic carbocycles. The van der Waals surface area contributed by atoms with Crippen molar-refractivity contribution in [3.63, 3.8) is 0 Å². The fraction of sp³-hybridized carbons (Fsp3) is 0.667. The summed E-state index contributed by atoms with van der Waals surface area (Å²) >= 11 is 0. The van der Waals surface area contributed by atoms with E-state index in [1.807, 2.05) is 0 Å². The summed E-state index contributed by atoms with van der Waals surface area (Å²) in [6, 6.07) is 0.394. The molecule has 0 radical (unpaired) electrons. The molecule has 82 valence electrons. The van der Waals surface area contributed by atoms with Crippen LogP contribution in [0.15, 0.2) is 4.52 Å². The van der Waals surface area contributed by atoms with Gasteiger partial charge in [0.2, 0.25) is 0 Å². The van der Waals surface area contributed by atoms with Gasteiger partial charge < -0.3 is 9.64 Å². The predicted molar refractivity (Wildman–Crippen MR) is 50.3 cm³/mol. The molecular weight excluding hydrogens is 198 g/mol. The largest absolute Gasteiger partial charge is 0.439 e. The summed E-state index contributed by atoms with van der Waals surface area (Å²) in [5, 5.41) is 3.55. The van der Waals surface area contributed by atoms with Crippen LogP contribution < -0.4 is 4.74 Å². The van der Waals surface area contributed by atoms with Crippen LogP contribution in [0.4, 0.5) is 0 Å². The number of likely N-dealkylation sites (N-methyl/N-ethyl adjacent to an activating group) is 1. The zero-order valence-electron chi connectivity index (χ0n) is 8.77. The van der Waals surface area contributed by atoms with Gasteiger partial charge in [0.25, 0.3) is 5.91 Å². The Kier molecular flexibility index (Phi) is 2.57. The van der Waals surface area contributed by atoms with Crippen LogP contribution in [0.1, 0.15) is 18.7 Å². The molecule has 0 saturated heterocycles. The van der Waals surface area contributed by atoms with Crippen molar-refractivity contribution in [2.45, 2.75) is 25.8 Å². The number of aromatic nitrogens is 2. The maximum Gasteiger partial charge on any atom is 0.417 e. The predicted octanol–water partition coefficient (Wildman–Crippen LogP) is 0.378. The Morgan fingerprint density at radius 1 is 1.67 bits per heavy atom. The zero-order valence-corrected chi connectivity index (χ0v) is 8.77. The van der Waals surface area contributed by atoms with E-state index in [2.05, 4.69) is 10.1 Å². The summed E-state index contributed by atoms with van der Waals surface area (Å²) in [5.74, 6) is 0.432. The molecule has 6 heteroatoms. The molecule has 1 aliphatic rings. The molecule has 15 heavy (non-hydrogen) atoms. The fourth-order valence-electron chi connectivity index (χ4n) is 1.23. The van der Waals surface area contributed by atoms with Crippen LogP contribution >= 0.6 is 0 Å². The van der Waals surface area contributed by atoms with Crippen molar-refractivity contribution in [2.75, 3.05) is 13.7 Å². The van der Waals surface area contributed by atoms with Crippen LogP contribution in [0.5, 0.6) is 6.08 Å². The summed E-state index contributed by atoms with van der Waals surface area (Å²) in [5.41, 5.74) is 0. The Morgan fingerprint density at radius 2 is 2.40 bits per heavy atom. The Bertz CT molecular complexity index is 359. The lowest BCUT2D eigenvalue weighted by Crippen LogP contribution is -2.33. The molecular formula is C9H13N3O3. The van der Waals surface area contributed by atoms with Gasteiger partial charge in [-0.05, 0) is 19.8 Å². The Balaban J connectivity index is 1.79. The van der Waals surface area contributed by atoms with Gasteiger partial charge in [-0.25, -0.2) is 0 Å². The Morgan fingerprint density at radius 3 is 2.93 bits per heavy atom. The number of aryl methyl sites for hydroxylation is 1. The second kappa shape index (κ2) is 3.88. The smallest absolute Gasteiger partial charge is 0.417 e. The average Bonchev–Trinajstić information content (AvgIpc) is 2.98. The van der Waals surface area contributed by atoms with Crippen LogP contribution in [0.3, 0.4) is 0 Å². The van der Waals surface area contributed by atoms with Gasteiger partial charge in [0.1, 0.15) is 0 Å². The van der Waals surface area contributed by atoms with E-state index in [1.165, 1.54) is 0 Å². The number of hydrogen-bond donors (Lipinski definition) is 0. The topological polar surface area (TPSA) is 68.5 Å². The monoisotopic (exact) mass is 211 g/mol. The van der Waals surface area contributed by atoms with Crippen LogP contribution in [0.2, 0.25) is 0 Å². The third-order valence-electron chi connectivity index (χ3n) is 2.32. The zero-order chi connectivity index (χ0) is 10.8. The minimum absolute atomic E-state index is 0.0463. The molecule has 1 aliphatic carbocycles.